The highest BCUT2D eigenvalue weighted by atomic mass is 79.9. The first-order chi connectivity index (χ1) is 6.20. The molecule has 0 aromatic heterocycles. The lowest BCUT2D eigenvalue weighted by atomic mass is 9.77. The number of allylic oxidation sites excluding steroid dienone is 2. The smallest absolute Gasteiger partial charge is 0.160 e. The van der Waals surface area contributed by atoms with Crippen LogP contribution in [0.1, 0.15) is 19.3 Å². The summed E-state index contributed by atoms with van der Waals surface area (Å²) in [5.74, 6) is 0.215. The van der Waals surface area contributed by atoms with Gasteiger partial charge in [0.05, 0.1) is 6.10 Å². The van der Waals surface area contributed by atoms with E-state index in [4.69, 9.17) is 0 Å². The van der Waals surface area contributed by atoms with Gasteiger partial charge in [-0.05, 0) is 18.9 Å². The van der Waals surface area contributed by atoms with Crippen molar-refractivity contribution in [1.29, 1.82) is 0 Å². The van der Waals surface area contributed by atoms with Crippen molar-refractivity contribution in [2.45, 2.75) is 25.4 Å². The van der Waals surface area contributed by atoms with Gasteiger partial charge in [-0.15, -0.1) is 0 Å². The minimum atomic E-state index is -0.472. The number of fused-ring (bicyclic) bond motifs is 1. The van der Waals surface area contributed by atoms with Crippen LogP contribution in [0.15, 0.2) is 22.2 Å². The number of hydrogen-bond donors (Lipinski definition) is 1. The number of carbonyl (C=O) groups is 1. The SMILES string of the molecule is O=C1CCCC2C1=C(Br)C=CC2O. The zero-order valence-corrected chi connectivity index (χ0v) is 8.75. The Morgan fingerprint density at radius 2 is 2.31 bits per heavy atom. The van der Waals surface area contributed by atoms with Crippen molar-refractivity contribution in [1.82, 2.24) is 0 Å². The molecule has 1 fully saturated rings. The summed E-state index contributed by atoms with van der Waals surface area (Å²) in [5, 5.41) is 9.65. The molecule has 0 heterocycles. The van der Waals surface area contributed by atoms with Crippen LogP contribution in [0.25, 0.3) is 0 Å². The molecule has 2 unspecified atom stereocenters. The largest absolute Gasteiger partial charge is 0.388 e. The Bertz CT molecular complexity index is 304. The van der Waals surface area contributed by atoms with Gasteiger partial charge in [0.15, 0.2) is 5.78 Å². The minimum absolute atomic E-state index is 0.0284. The predicted octanol–water partition coefficient (Wildman–Crippen LogP) is 1.94. The molecule has 2 atom stereocenters. The summed E-state index contributed by atoms with van der Waals surface area (Å²) >= 11 is 3.36. The van der Waals surface area contributed by atoms with Crippen LogP contribution >= 0.6 is 15.9 Å². The fourth-order valence-electron chi connectivity index (χ4n) is 2.03. The molecule has 2 rings (SSSR count). The van der Waals surface area contributed by atoms with Crippen LogP contribution in [0.4, 0.5) is 0 Å². The van der Waals surface area contributed by atoms with Crippen LogP contribution < -0.4 is 0 Å². The van der Waals surface area contributed by atoms with Crippen molar-refractivity contribution in [2.75, 3.05) is 0 Å². The van der Waals surface area contributed by atoms with E-state index in [9.17, 15) is 9.90 Å². The number of aliphatic hydroxyl groups is 1. The summed E-state index contributed by atoms with van der Waals surface area (Å²) in [6.07, 6.45) is 5.50. The van der Waals surface area contributed by atoms with Gasteiger partial charge >= 0.3 is 0 Å². The highest BCUT2D eigenvalue weighted by molar-refractivity contribution is 9.12. The molecule has 2 nitrogen and oxygen atoms in total. The molecule has 0 amide bonds. The molecule has 0 aromatic carbocycles. The van der Waals surface area contributed by atoms with E-state index in [-0.39, 0.29) is 11.7 Å². The quantitative estimate of drug-likeness (QED) is 0.705. The van der Waals surface area contributed by atoms with Crippen LogP contribution in [-0.2, 0) is 4.79 Å². The number of halogens is 1. The average Bonchev–Trinajstić information content (AvgIpc) is 2.12. The molecule has 2 aliphatic rings. The molecule has 2 aliphatic carbocycles. The third-order valence-electron chi connectivity index (χ3n) is 2.70. The van der Waals surface area contributed by atoms with E-state index < -0.39 is 6.10 Å². The van der Waals surface area contributed by atoms with Gasteiger partial charge in [-0.3, -0.25) is 4.79 Å². The van der Waals surface area contributed by atoms with E-state index in [0.717, 1.165) is 22.9 Å². The Labute approximate surface area is 85.5 Å². The van der Waals surface area contributed by atoms with Crippen molar-refractivity contribution < 1.29 is 9.90 Å². The third kappa shape index (κ3) is 1.51. The standard InChI is InChI=1S/C10H11BrO2/c11-7-4-5-8(12)6-2-1-3-9(13)10(6)7/h4-6,8,12H,1-3H2. The Morgan fingerprint density at radius 3 is 3.00 bits per heavy atom. The molecular weight excluding hydrogens is 232 g/mol. The van der Waals surface area contributed by atoms with E-state index in [0.29, 0.717) is 6.42 Å². The highest BCUT2D eigenvalue weighted by Gasteiger charge is 2.33. The topological polar surface area (TPSA) is 37.3 Å². The van der Waals surface area contributed by atoms with Gasteiger partial charge in [0.2, 0.25) is 0 Å². The van der Waals surface area contributed by atoms with Crippen LogP contribution in [-0.4, -0.2) is 17.0 Å². The van der Waals surface area contributed by atoms with E-state index in [1.54, 1.807) is 12.2 Å². The molecule has 0 saturated heterocycles. The number of ketones is 1. The van der Waals surface area contributed by atoms with Crippen LogP contribution in [0.3, 0.4) is 0 Å². The van der Waals surface area contributed by atoms with E-state index in [1.807, 2.05) is 0 Å². The lowest BCUT2D eigenvalue weighted by Gasteiger charge is -2.30. The predicted molar refractivity (Wildman–Crippen MR) is 53.4 cm³/mol. The first-order valence-electron chi connectivity index (χ1n) is 4.49. The fraction of sp³-hybridized carbons (Fsp3) is 0.500. The van der Waals surface area contributed by atoms with Crippen LogP contribution in [0, 0.1) is 5.92 Å². The summed E-state index contributed by atoms with van der Waals surface area (Å²) in [6, 6.07) is 0. The first kappa shape index (κ1) is 9.16. The second kappa shape index (κ2) is 3.39. The number of aliphatic hydroxyl groups excluding tert-OH is 1. The molecule has 0 spiro atoms. The Balaban J connectivity index is 2.40. The Morgan fingerprint density at radius 1 is 1.54 bits per heavy atom. The molecule has 1 N–H and O–H groups in total. The maximum atomic E-state index is 11.6. The summed E-state index contributed by atoms with van der Waals surface area (Å²) in [5.41, 5.74) is 0.793. The first-order valence-corrected chi connectivity index (χ1v) is 5.28. The zero-order chi connectivity index (χ0) is 9.42. The number of Topliss-reactive ketones (excluding diaryl/α,β-unsaturated/α-hetero) is 1. The molecule has 0 aliphatic heterocycles. The zero-order valence-electron chi connectivity index (χ0n) is 7.16. The van der Waals surface area contributed by atoms with Crippen molar-refractivity contribution >= 4 is 21.7 Å². The number of rotatable bonds is 0. The van der Waals surface area contributed by atoms with Gasteiger partial charge in [0.25, 0.3) is 0 Å². The van der Waals surface area contributed by atoms with E-state index >= 15 is 0 Å². The van der Waals surface area contributed by atoms with E-state index in [1.165, 1.54) is 0 Å². The van der Waals surface area contributed by atoms with Crippen molar-refractivity contribution in [3.8, 4) is 0 Å². The maximum Gasteiger partial charge on any atom is 0.160 e. The summed E-state index contributed by atoms with van der Waals surface area (Å²) in [6.45, 7) is 0. The van der Waals surface area contributed by atoms with Gasteiger partial charge in [-0.25, -0.2) is 0 Å². The number of carbonyl (C=O) groups excluding carboxylic acids is 1. The lowest BCUT2D eigenvalue weighted by Crippen LogP contribution is -2.30. The van der Waals surface area contributed by atoms with Crippen molar-refractivity contribution in [2.24, 2.45) is 5.92 Å². The molecule has 1 saturated carbocycles. The van der Waals surface area contributed by atoms with Crippen LogP contribution in [0.5, 0.6) is 0 Å². The summed E-state index contributed by atoms with van der Waals surface area (Å²) < 4.78 is 0.854. The summed E-state index contributed by atoms with van der Waals surface area (Å²) in [7, 11) is 0. The maximum absolute atomic E-state index is 11.6. The normalized spacial score (nSPS) is 33.5. The van der Waals surface area contributed by atoms with Crippen molar-refractivity contribution in [3.05, 3.63) is 22.2 Å². The molecule has 0 bridgehead atoms. The molecule has 70 valence electrons. The molecular formula is C10H11BrO2. The van der Waals surface area contributed by atoms with E-state index in [2.05, 4.69) is 15.9 Å². The molecule has 0 radical (unpaired) electrons. The molecule has 13 heavy (non-hydrogen) atoms. The van der Waals surface area contributed by atoms with Crippen LogP contribution in [0.2, 0.25) is 0 Å². The third-order valence-corrected chi connectivity index (χ3v) is 3.39. The van der Waals surface area contributed by atoms with Gasteiger partial charge in [0, 0.05) is 22.4 Å². The Kier molecular flexibility index (Phi) is 2.39. The van der Waals surface area contributed by atoms with Gasteiger partial charge in [0.1, 0.15) is 0 Å². The molecule has 3 heteroatoms. The number of hydrogen-bond acceptors (Lipinski definition) is 2. The highest BCUT2D eigenvalue weighted by Crippen LogP contribution is 2.37. The van der Waals surface area contributed by atoms with Gasteiger partial charge in [-0.2, -0.15) is 0 Å². The minimum Gasteiger partial charge on any atom is -0.388 e. The molecule has 0 aromatic rings. The van der Waals surface area contributed by atoms with Crippen molar-refractivity contribution in [3.63, 3.8) is 0 Å². The van der Waals surface area contributed by atoms with Gasteiger partial charge in [-0.1, -0.05) is 22.0 Å². The second-order valence-electron chi connectivity index (χ2n) is 3.53. The average molecular weight is 243 g/mol. The lowest BCUT2D eigenvalue weighted by molar-refractivity contribution is -0.117. The Hall–Kier alpha value is -0.410. The fourth-order valence-corrected chi connectivity index (χ4v) is 2.69. The van der Waals surface area contributed by atoms with Gasteiger partial charge < -0.3 is 5.11 Å². The monoisotopic (exact) mass is 242 g/mol. The second-order valence-corrected chi connectivity index (χ2v) is 4.39. The summed E-state index contributed by atoms with van der Waals surface area (Å²) in [4.78, 5) is 11.6.